The van der Waals surface area contributed by atoms with Crippen molar-refractivity contribution in [1.29, 1.82) is 5.26 Å². The van der Waals surface area contributed by atoms with Gasteiger partial charge in [0.05, 0.1) is 15.5 Å². The summed E-state index contributed by atoms with van der Waals surface area (Å²) in [6.45, 7) is 0. The number of hydrogen-bond donors (Lipinski definition) is 1. The van der Waals surface area contributed by atoms with E-state index in [1.807, 2.05) is 10.8 Å². The average molecular weight is 471 g/mol. The SMILES string of the molecule is N#Cc1c(Cl)cccc1Oc1ccc(S(=O)(=O)Nc2ccc(F)c(C(F)(F)F)c2)cc1. The molecule has 1 N–H and O–H groups in total. The van der Waals surface area contributed by atoms with Crippen molar-refractivity contribution in [1.82, 2.24) is 0 Å². The first-order chi connectivity index (χ1) is 14.5. The lowest BCUT2D eigenvalue weighted by atomic mass is 10.2. The molecule has 0 aliphatic carbocycles. The Morgan fingerprint density at radius 3 is 2.32 bits per heavy atom. The molecule has 0 bridgehead atoms. The van der Waals surface area contributed by atoms with E-state index in [0.29, 0.717) is 12.1 Å². The Balaban J connectivity index is 1.83. The maximum Gasteiger partial charge on any atom is 0.419 e. The normalized spacial score (nSPS) is 11.6. The Labute approximate surface area is 179 Å². The van der Waals surface area contributed by atoms with Crippen LogP contribution in [0.1, 0.15) is 11.1 Å². The van der Waals surface area contributed by atoms with E-state index < -0.39 is 33.3 Å². The molecule has 3 aromatic rings. The van der Waals surface area contributed by atoms with Crippen LogP contribution in [0.15, 0.2) is 65.6 Å². The fraction of sp³-hybridized carbons (Fsp3) is 0.0500. The van der Waals surface area contributed by atoms with Gasteiger partial charge in [0.1, 0.15) is 28.9 Å². The first-order valence-electron chi connectivity index (χ1n) is 8.37. The first kappa shape index (κ1) is 22.4. The fourth-order valence-electron chi connectivity index (χ4n) is 2.53. The Hall–Kier alpha value is -3.29. The highest BCUT2D eigenvalue weighted by atomic mass is 35.5. The lowest BCUT2D eigenvalue weighted by molar-refractivity contribution is -0.139. The summed E-state index contributed by atoms with van der Waals surface area (Å²) in [5.41, 5.74) is -1.95. The Bertz CT molecular complexity index is 1270. The Kier molecular flexibility index (Phi) is 6.10. The summed E-state index contributed by atoms with van der Waals surface area (Å²) in [5.74, 6) is -1.16. The lowest BCUT2D eigenvalue weighted by Gasteiger charge is -2.13. The number of nitriles is 1. The van der Waals surface area contributed by atoms with Gasteiger partial charge in [0.25, 0.3) is 10.0 Å². The Morgan fingerprint density at radius 2 is 1.71 bits per heavy atom. The largest absolute Gasteiger partial charge is 0.456 e. The van der Waals surface area contributed by atoms with E-state index in [1.165, 1.54) is 24.3 Å². The minimum absolute atomic E-state index is 0.0966. The van der Waals surface area contributed by atoms with Crippen LogP contribution in [0.5, 0.6) is 11.5 Å². The molecule has 0 saturated carbocycles. The predicted molar refractivity (Wildman–Crippen MR) is 105 cm³/mol. The van der Waals surface area contributed by atoms with Gasteiger partial charge >= 0.3 is 6.18 Å². The van der Waals surface area contributed by atoms with Crippen molar-refractivity contribution in [3.05, 3.63) is 82.6 Å². The molecule has 31 heavy (non-hydrogen) atoms. The number of hydrogen-bond acceptors (Lipinski definition) is 4. The minimum Gasteiger partial charge on any atom is -0.456 e. The van der Waals surface area contributed by atoms with Crippen molar-refractivity contribution in [2.45, 2.75) is 11.1 Å². The number of ether oxygens (including phenoxy) is 1. The molecule has 0 radical (unpaired) electrons. The minimum atomic E-state index is -4.98. The van der Waals surface area contributed by atoms with Crippen molar-refractivity contribution >= 4 is 27.3 Å². The maximum atomic E-state index is 13.4. The number of benzene rings is 3. The molecule has 3 aromatic carbocycles. The summed E-state index contributed by atoms with van der Waals surface area (Å²) in [6.07, 6.45) is -4.98. The highest BCUT2D eigenvalue weighted by molar-refractivity contribution is 7.92. The molecule has 0 aliphatic rings. The second kappa shape index (κ2) is 8.45. The fourth-order valence-corrected chi connectivity index (χ4v) is 3.79. The van der Waals surface area contributed by atoms with Gasteiger partial charge in [-0.15, -0.1) is 0 Å². The number of alkyl halides is 3. The average Bonchev–Trinajstić information content (AvgIpc) is 2.69. The van der Waals surface area contributed by atoms with Crippen LogP contribution in [0.4, 0.5) is 23.2 Å². The van der Waals surface area contributed by atoms with Crippen LogP contribution < -0.4 is 9.46 Å². The number of rotatable bonds is 5. The summed E-state index contributed by atoms with van der Waals surface area (Å²) in [6, 6.07) is 13.1. The number of nitrogens with zero attached hydrogens (tertiary/aromatic N) is 1. The molecule has 11 heteroatoms. The molecule has 160 valence electrons. The third-order valence-electron chi connectivity index (χ3n) is 3.97. The van der Waals surface area contributed by atoms with Gasteiger partial charge in [0.2, 0.25) is 0 Å². The molecule has 0 unspecified atom stereocenters. The van der Waals surface area contributed by atoms with Gasteiger partial charge in [-0.05, 0) is 54.6 Å². The van der Waals surface area contributed by atoms with E-state index in [2.05, 4.69) is 0 Å². The smallest absolute Gasteiger partial charge is 0.419 e. The monoisotopic (exact) mass is 470 g/mol. The van der Waals surface area contributed by atoms with Crippen molar-refractivity contribution in [3.8, 4) is 17.6 Å². The molecule has 5 nitrogen and oxygen atoms in total. The van der Waals surface area contributed by atoms with Crippen LogP contribution in [-0.4, -0.2) is 8.42 Å². The molecule has 0 fully saturated rings. The molecule has 0 saturated heterocycles. The quantitative estimate of drug-likeness (QED) is 0.466. The van der Waals surface area contributed by atoms with Gasteiger partial charge in [-0.1, -0.05) is 17.7 Å². The van der Waals surface area contributed by atoms with Crippen LogP contribution in [0.3, 0.4) is 0 Å². The molecule has 0 aliphatic heterocycles. The topological polar surface area (TPSA) is 79.2 Å². The van der Waals surface area contributed by atoms with Gasteiger partial charge in [0, 0.05) is 5.69 Å². The van der Waals surface area contributed by atoms with E-state index in [4.69, 9.17) is 21.6 Å². The zero-order valence-corrected chi connectivity index (χ0v) is 16.8. The number of nitrogens with one attached hydrogen (secondary N) is 1. The zero-order chi connectivity index (χ0) is 22.8. The van der Waals surface area contributed by atoms with Gasteiger partial charge in [0.15, 0.2) is 0 Å². The predicted octanol–water partition coefficient (Wildman–Crippen LogP) is 5.96. The molecular weight excluding hydrogens is 460 g/mol. The van der Waals surface area contributed by atoms with Crippen LogP contribution >= 0.6 is 11.6 Å². The number of halogens is 5. The second-order valence-corrected chi connectivity index (χ2v) is 8.19. The van der Waals surface area contributed by atoms with Crippen LogP contribution in [0.25, 0.3) is 0 Å². The zero-order valence-electron chi connectivity index (χ0n) is 15.2. The highest BCUT2D eigenvalue weighted by Gasteiger charge is 2.34. The van der Waals surface area contributed by atoms with Crippen LogP contribution in [-0.2, 0) is 16.2 Å². The molecular formula is C20H11ClF4N2O3S. The number of sulfonamides is 1. The van der Waals surface area contributed by atoms with E-state index in [0.717, 1.165) is 18.2 Å². The van der Waals surface area contributed by atoms with E-state index in [1.54, 1.807) is 6.07 Å². The summed E-state index contributed by atoms with van der Waals surface area (Å²) in [4.78, 5) is -0.274. The van der Waals surface area contributed by atoms with Gasteiger partial charge in [-0.2, -0.15) is 18.4 Å². The maximum absolute atomic E-state index is 13.4. The van der Waals surface area contributed by atoms with E-state index in [9.17, 15) is 26.0 Å². The molecule has 0 spiro atoms. The first-order valence-corrected chi connectivity index (χ1v) is 10.2. The van der Waals surface area contributed by atoms with Crippen molar-refractivity contribution in [2.75, 3.05) is 4.72 Å². The Morgan fingerprint density at radius 1 is 1.03 bits per heavy atom. The van der Waals surface area contributed by atoms with E-state index >= 15 is 0 Å². The van der Waals surface area contributed by atoms with Crippen LogP contribution in [0, 0.1) is 17.1 Å². The van der Waals surface area contributed by atoms with Gasteiger partial charge in [-0.3, -0.25) is 4.72 Å². The molecule has 0 atom stereocenters. The molecule has 0 heterocycles. The standard InChI is InChI=1S/C20H11ClF4N2O3S/c21-17-2-1-3-19(15(17)11-26)30-13-5-7-14(8-6-13)31(28,29)27-12-4-9-18(22)16(10-12)20(23,24)25/h1-10,27H. The molecule has 0 amide bonds. The summed E-state index contributed by atoms with van der Waals surface area (Å²) in [5, 5.41) is 9.34. The van der Waals surface area contributed by atoms with Crippen molar-refractivity contribution in [2.24, 2.45) is 0 Å². The van der Waals surface area contributed by atoms with Crippen molar-refractivity contribution in [3.63, 3.8) is 0 Å². The van der Waals surface area contributed by atoms with Crippen LogP contribution in [0.2, 0.25) is 5.02 Å². The molecule has 0 aromatic heterocycles. The van der Waals surface area contributed by atoms with Gasteiger partial charge < -0.3 is 4.74 Å². The molecule has 3 rings (SSSR count). The summed E-state index contributed by atoms with van der Waals surface area (Å²) < 4.78 is 84.3. The number of anilines is 1. The van der Waals surface area contributed by atoms with Crippen molar-refractivity contribution < 1.29 is 30.7 Å². The second-order valence-electron chi connectivity index (χ2n) is 6.10. The third kappa shape index (κ3) is 5.07. The third-order valence-corrected chi connectivity index (χ3v) is 5.69. The highest BCUT2D eigenvalue weighted by Crippen LogP contribution is 2.34. The summed E-state index contributed by atoms with van der Waals surface area (Å²) >= 11 is 5.92. The summed E-state index contributed by atoms with van der Waals surface area (Å²) in [7, 11) is -4.27. The van der Waals surface area contributed by atoms with Gasteiger partial charge in [-0.25, -0.2) is 12.8 Å². The lowest BCUT2D eigenvalue weighted by Crippen LogP contribution is -2.15. The van der Waals surface area contributed by atoms with E-state index in [-0.39, 0.29) is 27.0 Å².